The van der Waals surface area contributed by atoms with E-state index >= 15 is 0 Å². The van der Waals surface area contributed by atoms with Crippen molar-refractivity contribution in [3.8, 4) is 0 Å². The van der Waals surface area contributed by atoms with Crippen molar-refractivity contribution in [2.24, 2.45) is 0 Å². The maximum atomic E-state index is 12.9. The van der Waals surface area contributed by atoms with E-state index in [1.165, 1.54) is 0 Å². The first-order valence-corrected chi connectivity index (χ1v) is 3.86. The third-order valence-corrected chi connectivity index (χ3v) is 1.50. The molecule has 0 atom stereocenters. The first-order valence-electron chi connectivity index (χ1n) is 3.86. The van der Waals surface area contributed by atoms with Gasteiger partial charge in [-0.2, -0.15) is 0 Å². The van der Waals surface area contributed by atoms with Crippen LogP contribution < -0.4 is 5.32 Å². The summed E-state index contributed by atoms with van der Waals surface area (Å²) in [5.74, 6) is -3.04. The normalized spacial score (nSPS) is 9.73. The number of nitro groups is 1. The standard InChI is InChI=1S/C8H6F2N2O3/c9-5-2-1-3-6(10)8(5)11-7(13)4-12(14)15/h1-3H,4H2,(H,11,13). The van der Waals surface area contributed by atoms with Gasteiger partial charge in [0.2, 0.25) is 0 Å². The van der Waals surface area contributed by atoms with Crippen LogP contribution in [-0.4, -0.2) is 17.4 Å². The Bertz CT molecular complexity index is 389. The van der Waals surface area contributed by atoms with Crippen LogP contribution in [0.1, 0.15) is 0 Å². The number of rotatable bonds is 3. The average Bonchev–Trinajstić information content (AvgIpc) is 2.10. The highest BCUT2D eigenvalue weighted by molar-refractivity contribution is 5.91. The van der Waals surface area contributed by atoms with Gasteiger partial charge in [0.1, 0.15) is 17.3 Å². The van der Waals surface area contributed by atoms with E-state index in [9.17, 15) is 23.7 Å². The molecule has 0 aliphatic carbocycles. The maximum absolute atomic E-state index is 12.9. The molecule has 1 aromatic carbocycles. The molecule has 0 spiro atoms. The second-order valence-electron chi connectivity index (χ2n) is 2.64. The van der Waals surface area contributed by atoms with Crippen LogP contribution in [0.25, 0.3) is 0 Å². The lowest BCUT2D eigenvalue weighted by atomic mass is 10.3. The van der Waals surface area contributed by atoms with Crippen LogP contribution in [0.5, 0.6) is 0 Å². The highest BCUT2D eigenvalue weighted by Crippen LogP contribution is 2.17. The fraction of sp³-hybridized carbons (Fsp3) is 0.125. The SMILES string of the molecule is O=C(C[N+](=O)[O-])Nc1c(F)cccc1F. The summed E-state index contributed by atoms with van der Waals surface area (Å²) in [7, 11) is 0. The Kier molecular flexibility index (Phi) is 3.27. The van der Waals surface area contributed by atoms with Crippen LogP contribution in [0, 0.1) is 21.7 Å². The highest BCUT2D eigenvalue weighted by Gasteiger charge is 2.15. The van der Waals surface area contributed by atoms with Crippen molar-refractivity contribution in [3.05, 3.63) is 39.9 Å². The number of nitrogens with one attached hydrogen (secondary N) is 1. The summed E-state index contributed by atoms with van der Waals surface area (Å²) < 4.78 is 25.8. The molecule has 0 fully saturated rings. The molecule has 0 aromatic heterocycles. The van der Waals surface area contributed by atoms with E-state index in [-0.39, 0.29) is 0 Å². The molecule has 1 rings (SSSR count). The Morgan fingerprint density at radius 1 is 1.40 bits per heavy atom. The molecule has 7 heteroatoms. The molecule has 0 aliphatic heterocycles. The van der Waals surface area contributed by atoms with Crippen LogP contribution in [0.15, 0.2) is 18.2 Å². The molecule has 0 saturated heterocycles. The number of para-hydroxylation sites is 1. The number of hydrogen-bond donors (Lipinski definition) is 1. The van der Waals surface area contributed by atoms with Crippen molar-refractivity contribution in [2.45, 2.75) is 0 Å². The van der Waals surface area contributed by atoms with Crippen molar-refractivity contribution < 1.29 is 18.5 Å². The van der Waals surface area contributed by atoms with Crippen molar-refractivity contribution in [2.75, 3.05) is 11.9 Å². The number of nitrogens with zero attached hydrogens (tertiary/aromatic N) is 1. The zero-order valence-corrected chi connectivity index (χ0v) is 7.37. The second kappa shape index (κ2) is 4.45. The third-order valence-electron chi connectivity index (χ3n) is 1.50. The van der Waals surface area contributed by atoms with E-state index in [2.05, 4.69) is 0 Å². The summed E-state index contributed by atoms with van der Waals surface area (Å²) in [4.78, 5) is 19.9. The van der Waals surface area contributed by atoms with Gasteiger partial charge < -0.3 is 5.32 Å². The fourth-order valence-electron chi connectivity index (χ4n) is 0.913. The fourth-order valence-corrected chi connectivity index (χ4v) is 0.913. The van der Waals surface area contributed by atoms with E-state index in [0.717, 1.165) is 18.2 Å². The topological polar surface area (TPSA) is 72.2 Å². The molecule has 0 heterocycles. The van der Waals surface area contributed by atoms with Crippen molar-refractivity contribution in [3.63, 3.8) is 0 Å². The predicted molar refractivity (Wildman–Crippen MR) is 46.8 cm³/mol. The van der Waals surface area contributed by atoms with Gasteiger partial charge in [0.25, 0.3) is 12.5 Å². The zero-order chi connectivity index (χ0) is 11.4. The summed E-state index contributed by atoms with van der Waals surface area (Å²) in [5, 5.41) is 11.7. The minimum absolute atomic E-state index is 0.677. The van der Waals surface area contributed by atoms with Gasteiger partial charge in [-0.1, -0.05) is 6.07 Å². The average molecular weight is 216 g/mol. The van der Waals surface area contributed by atoms with E-state index in [1.54, 1.807) is 5.32 Å². The molecule has 1 N–H and O–H groups in total. The molecule has 0 unspecified atom stereocenters. The minimum Gasteiger partial charge on any atom is -0.315 e. The summed E-state index contributed by atoms with van der Waals surface area (Å²) in [6, 6.07) is 2.99. The summed E-state index contributed by atoms with van der Waals surface area (Å²) in [6.07, 6.45) is 0. The van der Waals surface area contributed by atoms with Crippen LogP contribution in [0.3, 0.4) is 0 Å². The lowest BCUT2D eigenvalue weighted by molar-refractivity contribution is -0.467. The van der Waals surface area contributed by atoms with Gasteiger partial charge in [-0.3, -0.25) is 14.9 Å². The Balaban J connectivity index is 2.80. The number of amides is 1. The van der Waals surface area contributed by atoms with E-state index in [1.807, 2.05) is 0 Å². The number of carbonyl (C=O) groups is 1. The van der Waals surface area contributed by atoms with E-state index in [4.69, 9.17) is 0 Å². The quantitative estimate of drug-likeness (QED) is 0.609. The van der Waals surface area contributed by atoms with E-state index in [0.29, 0.717) is 0 Å². The molecule has 5 nitrogen and oxygen atoms in total. The van der Waals surface area contributed by atoms with Gasteiger partial charge in [-0.25, -0.2) is 8.78 Å². The summed E-state index contributed by atoms with van der Waals surface area (Å²) >= 11 is 0. The van der Waals surface area contributed by atoms with Gasteiger partial charge in [-0.15, -0.1) is 0 Å². The third kappa shape index (κ3) is 2.97. The highest BCUT2D eigenvalue weighted by atomic mass is 19.1. The van der Waals surface area contributed by atoms with Gasteiger partial charge in [0.15, 0.2) is 0 Å². The molecular formula is C8H6F2N2O3. The molecule has 0 aliphatic rings. The molecule has 1 aromatic rings. The van der Waals surface area contributed by atoms with Crippen LogP contribution in [0.2, 0.25) is 0 Å². The lowest BCUT2D eigenvalue weighted by Crippen LogP contribution is -2.22. The Morgan fingerprint density at radius 3 is 2.40 bits per heavy atom. The maximum Gasteiger partial charge on any atom is 0.296 e. The Morgan fingerprint density at radius 2 is 1.93 bits per heavy atom. The van der Waals surface area contributed by atoms with Crippen molar-refractivity contribution >= 4 is 11.6 Å². The van der Waals surface area contributed by atoms with Crippen molar-refractivity contribution in [1.82, 2.24) is 0 Å². The lowest BCUT2D eigenvalue weighted by Gasteiger charge is -2.04. The molecular weight excluding hydrogens is 210 g/mol. The van der Waals surface area contributed by atoms with Gasteiger partial charge in [-0.05, 0) is 12.1 Å². The van der Waals surface area contributed by atoms with Gasteiger partial charge in [0, 0.05) is 4.92 Å². The van der Waals surface area contributed by atoms with Crippen LogP contribution in [-0.2, 0) is 4.79 Å². The number of hydrogen-bond acceptors (Lipinski definition) is 3. The number of halogens is 2. The number of anilines is 1. The smallest absolute Gasteiger partial charge is 0.296 e. The molecule has 80 valence electrons. The first kappa shape index (κ1) is 11.0. The Labute approximate surface area is 82.9 Å². The largest absolute Gasteiger partial charge is 0.315 e. The summed E-state index contributed by atoms with van der Waals surface area (Å²) in [6.45, 7) is -1.03. The predicted octanol–water partition coefficient (Wildman–Crippen LogP) is 1.18. The summed E-state index contributed by atoms with van der Waals surface area (Å²) in [5.41, 5.74) is -0.677. The first-order chi connectivity index (χ1) is 7.00. The molecule has 0 bridgehead atoms. The molecule has 0 saturated carbocycles. The van der Waals surface area contributed by atoms with Gasteiger partial charge >= 0.3 is 0 Å². The second-order valence-corrected chi connectivity index (χ2v) is 2.64. The molecule has 0 radical (unpaired) electrons. The Hall–Kier alpha value is -2.05. The van der Waals surface area contributed by atoms with Gasteiger partial charge in [0.05, 0.1) is 0 Å². The number of benzene rings is 1. The zero-order valence-electron chi connectivity index (χ0n) is 7.37. The van der Waals surface area contributed by atoms with E-state index < -0.39 is 34.7 Å². The monoisotopic (exact) mass is 216 g/mol. The minimum atomic E-state index is -1.08. The molecule has 1 amide bonds. The van der Waals surface area contributed by atoms with Crippen LogP contribution in [0.4, 0.5) is 14.5 Å². The van der Waals surface area contributed by atoms with Crippen molar-refractivity contribution in [1.29, 1.82) is 0 Å². The number of carbonyl (C=O) groups excluding carboxylic acids is 1. The van der Waals surface area contributed by atoms with Crippen LogP contribution >= 0.6 is 0 Å². The molecule has 15 heavy (non-hydrogen) atoms.